The van der Waals surface area contributed by atoms with Gasteiger partial charge in [0.05, 0.1) is 10.6 Å². The first-order chi connectivity index (χ1) is 9.21. The number of carbonyl (C=O) groups is 1. The van der Waals surface area contributed by atoms with Crippen molar-refractivity contribution in [3.63, 3.8) is 0 Å². The van der Waals surface area contributed by atoms with Crippen LogP contribution in [0.15, 0.2) is 29.2 Å². The van der Waals surface area contributed by atoms with Gasteiger partial charge in [0.15, 0.2) is 9.84 Å². The molecule has 0 aliphatic rings. The fourth-order valence-corrected chi connectivity index (χ4v) is 2.70. The molecule has 0 fully saturated rings. The Bertz CT molecular complexity index is 768. The summed E-state index contributed by atoms with van der Waals surface area (Å²) in [6.45, 7) is 5.79. The van der Waals surface area contributed by atoms with Crippen molar-refractivity contribution in [1.82, 2.24) is 4.98 Å². The quantitative estimate of drug-likeness (QED) is 0.884. The molecular weight excluding hydrogens is 274 g/mol. The highest BCUT2D eigenvalue weighted by atomic mass is 32.2. The zero-order valence-corrected chi connectivity index (χ0v) is 12.8. The Morgan fingerprint density at radius 3 is 1.95 bits per heavy atom. The number of hydrogen-bond donors (Lipinski definition) is 1. The van der Waals surface area contributed by atoms with Gasteiger partial charge in [-0.05, 0) is 56.2 Å². The Labute approximate surface area is 118 Å². The van der Waals surface area contributed by atoms with Crippen molar-refractivity contribution in [3.05, 3.63) is 52.3 Å². The molecule has 5 heteroatoms. The van der Waals surface area contributed by atoms with E-state index in [0.717, 1.165) is 23.1 Å². The summed E-state index contributed by atoms with van der Waals surface area (Å²) in [4.78, 5) is 15.7. The number of H-pyrrole nitrogens is 1. The third-order valence-electron chi connectivity index (χ3n) is 3.58. The number of sulfone groups is 1. The number of nitrogens with one attached hydrogen (secondary N) is 1. The lowest BCUT2D eigenvalue weighted by Crippen LogP contribution is -2.05. The lowest BCUT2D eigenvalue weighted by molar-refractivity contribution is 0.103. The molecule has 0 saturated heterocycles. The van der Waals surface area contributed by atoms with Crippen molar-refractivity contribution >= 4 is 15.6 Å². The van der Waals surface area contributed by atoms with Crippen LogP contribution in [0.5, 0.6) is 0 Å². The zero-order valence-electron chi connectivity index (χ0n) is 11.9. The number of aromatic amines is 1. The fourth-order valence-electron chi connectivity index (χ4n) is 2.07. The Morgan fingerprint density at radius 2 is 1.55 bits per heavy atom. The first kappa shape index (κ1) is 14.5. The second-order valence-electron chi connectivity index (χ2n) is 5.00. The molecule has 0 atom stereocenters. The summed E-state index contributed by atoms with van der Waals surface area (Å²) >= 11 is 0. The van der Waals surface area contributed by atoms with Crippen LogP contribution < -0.4 is 0 Å². The van der Waals surface area contributed by atoms with Gasteiger partial charge in [-0.1, -0.05) is 0 Å². The minimum Gasteiger partial charge on any atom is -0.356 e. The predicted molar refractivity (Wildman–Crippen MR) is 78.0 cm³/mol. The van der Waals surface area contributed by atoms with E-state index >= 15 is 0 Å². The van der Waals surface area contributed by atoms with Crippen molar-refractivity contribution in [2.75, 3.05) is 6.26 Å². The molecule has 106 valence electrons. The van der Waals surface area contributed by atoms with Crippen LogP contribution >= 0.6 is 0 Å². The molecule has 0 saturated carbocycles. The monoisotopic (exact) mass is 291 g/mol. The maximum absolute atomic E-state index is 12.4. The van der Waals surface area contributed by atoms with Gasteiger partial charge >= 0.3 is 0 Å². The molecule has 0 radical (unpaired) electrons. The molecule has 20 heavy (non-hydrogen) atoms. The van der Waals surface area contributed by atoms with Crippen molar-refractivity contribution < 1.29 is 13.2 Å². The van der Waals surface area contributed by atoms with Gasteiger partial charge in [0.2, 0.25) is 5.78 Å². The lowest BCUT2D eigenvalue weighted by Gasteiger charge is -2.03. The fraction of sp³-hybridized carbons (Fsp3) is 0.267. The third kappa shape index (κ3) is 2.54. The molecule has 0 spiro atoms. The minimum atomic E-state index is -3.24. The molecule has 0 amide bonds. The van der Waals surface area contributed by atoms with E-state index in [-0.39, 0.29) is 10.7 Å². The van der Waals surface area contributed by atoms with Crippen LogP contribution in [0.3, 0.4) is 0 Å². The van der Waals surface area contributed by atoms with Gasteiger partial charge < -0.3 is 4.98 Å². The van der Waals surface area contributed by atoms with Crippen LogP contribution in [0, 0.1) is 20.8 Å². The van der Waals surface area contributed by atoms with Crippen molar-refractivity contribution in [2.24, 2.45) is 0 Å². The second kappa shape index (κ2) is 4.90. The van der Waals surface area contributed by atoms with E-state index in [0.29, 0.717) is 11.3 Å². The number of aryl methyl sites for hydroxylation is 1. The van der Waals surface area contributed by atoms with Gasteiger partial charge in [0.25, 0.3) is 0 Å². The highest BCUT2D eigenvalue weighted by molar-refractivity contribution is 7.90. The smallest absolute Gasteiger partial charge is 0.209 e. The van der Waals surface area contributed by atoms with E-state index in [4.69, 9.17) is 0 Å². The molecule has 1 N–H and O–H groups in total. The van der Waals surface area contributed by atoms with Crippen LogP contribution in [0.1, 0.15) is 32.9 Å². The number of aromatic nitrogens is 1. The Balaban J connectivity index is 2.42. The minimum absolute atomic E-state index is 0.126. The van der Waals surface area contributed by atoms with Crippen molar-refractivity contribution in [2.45, 2.75) is 25.7 Å². The van der Waals surface area contributed by atoms with Gasteiger partial charge in [0.1, 0.15) is 0 Å². The van der Waals surface area contributed by atoms with Gasteiger partial charge in [-0.25, -0.2) is 8.42 Å². The summed E-state index contributed by atoms with van der Waals surface area (Å²) in [5.41, 5.74) is 4.01. The molecule has 0 aliphatic heterocycles. The van der Waals surface area contributed by atoms with Gasteiger partial charge in [-0.2, -0.15) is 0 Å². The Kier molecular flexibility index (Phi) is 3.56. The Morgan fingerprint density at radius 1 is 1.00 bits per heavy atom. The standard InChI is InChI=1S/C15H17NO3S/c1-9-10(2)14(16-11(9)3)15(17)12-5-7-13(8-6-12)20(4,18)19/h5-8,16H,1-4H3. The maximum Gasteiger partial charge on any atom is 0.209 e. The summed E-state index contributed by atoms with van der Waals surface area (Å²) < 4.78 is 22.8. The molecule has 0 unspecified atom stereocenters. The first-order valence-corrected chi connectivity index (χ1v) is 8.11. The zero-order chi connectivity index (χ0) is 15.1. The number of benzene rings is 1. The number of carbonyl (C=O) groups excluding carboxylic acids is 1. The van der Waals surface area contributed by atoms with E-state index in [1.54, 1.807) is 12.1 Å². The molecule has 0 bridgehead atoms. The molecule has 2 aromatic rings. The van der Waals surface area contributed by atoms with Crippen molar-refractivity contribution in [3.8, 4) is 0 Å². The highest BCUT2D eigenvalue weighted by Crippen LogP contribution is 2.20. The SMILES string of the molecule is Cc1[nH]c(C(=O)c2ccc(S(C)(=O)=O)cc2)c(C)c1C. The summed E-state index contributed by atoms with van der Waals surface area (Å²) in [5.74, 6) is -0.126. The summed E-state index contributed by atoms with van der Waals surface area (Å²) in [7, 11) is -3.24. The van der Waals surface area contributed by atoms with Crippen LogP contribution in [0.25, 0.3) is 0 Å². The van der Waals surface area contributed by atoms with Gasteiger partial charge in [-0.15, -0.1) is 0 Å². The van der Waals surface area contributed by atoms with Crippen LogP contribution in [-0.2, 0) is 9.84 Å². The van der Waals surface area contributed by atoms with Gasteiger partial charge in [-0.3, -0.25) is 4.79 Å². The Hall–Kier alpha value is -1.88. The normalized spacial score (nSPS) is 11.6. The molecular formula is C15H17NO3S. The summed E-state index contributed by atoms with van der Waals surface area (Å²) in [6.07, 6.45) is 1.14. The van der Waals surface area contributed by atoms with Crippen molar-refractivity contribution in [1.29, 1.82) is 0 Å². The van der Waals surface area contributed by atoms with Crippen LogP contribution in [0.2, 0.25) is 0 Å². The molecule has 4 nitrogen and oxygen atoms in total. The average molecular weight is 291 g/mol. The summed E-state index contributed by atoms with van der Waals surface area (Å²) in [5, 5.41) is 0. The molecule has 1 aromatic heterocycles. The average Bonchev–Trinajstić information content (AvgIpc) is 2.65. The van der Waals surface area contributed by atoms with E-state index in [2.05, 4.69) is 4.98 Å². The van der Waals surface area contributed by atoms with E-state index in [9.17, 15) is 13.2 Å². The van der Waals surface area contributed by atoms with Gasteiger partial charge in [0, 0.05) is 17.5 Å². The second-order valence-corrected chi connectivity index (χ2v) is 7.02. The predicted octanol–water partition coefficient (Wildman–Crippen LogP) is 2.57. The lowest BCUT2D eigenvalue weighted by atomic mass is 10.0. The topological polar surface area (TPSA) is 67.0 Å². The molecule has 1 heterocycles. The first-order valence-electron chi connectivity index (χ1n) is 6.22. The molecule has 1 aromatic carbocycles. The molecule has 0 aliphatic carbocycles. The van der Waals surface area contributed by atoms with E-state index in [1.807, 2.05) is 20.8 Å². The van der Waals surface area contributed by atoms with E-state index in [1.165, 1.54) is 12.1 Å². The van der Waals surface area contributed by atoms with E-state index < -0.39 is 9.84 Å². The number of rotatable bonds is 3. The van der Waals surface area contributed by atoms with Crippen LogP contribution in [0.4, 0.5) is 0 Å². The number of hydrogen-bond acceptors (Lipinski definition) is 3. The highest BCUT2D eigenvalue weighted by Gasteiger charge is 2.17. The third-order valence-corrected chi connectivity index (χ3v) is 4.71. The largest absolute Gasteiger partial charge is 0.356 e. The summed E-state index contributed by atoms with van der Waals surface area (Å²) in [6, 6.07) is 6.01. The molecule has 2 rings (SSSR count). The maximum atomic E-state index is 12.4. The van der Waals surface area contributed by atoms with Crippen LogP contribution in [-0.4, -0.2) is 25.4 Å². The number of ketones is 1.